The number of hydrogen-bond donors (Lipinski definition) is 1. The highest BCUT2D eigenvalue weighted by Crippen LogP contribution is 2.23. The van der Waals surface area contributed by atoms with Gasteiger partial charge in [0.25, 0.3) is 5.91 Å². The highest BCUT2D eigenvalue weighted by molar-refractivity contribution is 8.00. The highest BCUT2D eigenvalue weighted by atomic mass is 32.2. The normalized spacial score (nSPS) is 20.3. The molecule has 1 aromatic heterocycles. The van der Waals surface area contributed by atoms with E-state index in [1.54, 1.807) is 18.5 Å². The van der Waals surface area contributed by atoms with E-state index in [4.69, 9.17) is 5.73 Å². The van der Waals surface area contributed by atoms with Crippen LogP contribution < -0.4 is 5.73 Å². The van der Waals surface area contributed by atoms with Crippen LogP contribution in [0.15, 0.2) is 18.5 Å². The second kappa shape index (κ2) is 5.40. The molecule has 5 heteroatoms. The number of thioether (sulfide) groups is 1. The zero-order chi connectivity index (χ0) is 12.3. The van der Waals surface area contributed by atoms with Gasteiger partial charge in [-0.3, -0.25) is 9.78 Å². The maximum absolute atomic E-state index is 12.3. The van der Waals surface area contributed by atoms with E-state index < -0.39 is 0 Å². The first-order valence-corrected chi connectivity index (χ1v) is 6.87. The van der Waals surface area contributed by atoms with Gasteiger partial charge in [0.2, 0.25) is 0 Å². The first-order valence-electron chi connectivity index (χ1n) is 5.82. The number of carbonyl (C=O) groups excluding carboxylic acids is 1. The molecule has 92 valence electrons. The van der Waals surface area contributed by atoms with Crippen molar-refractivity contribution in [1.82, 2.24) is 9.88 Å². The van der Waals surface area contributed by atoms with Crippen molar-refractivity contribution in [2.75, 3.05) is 24.6 Å². The summed E-state index contributed by atoms with van der Waals surface area (Å²) >= 11 is 1.94. The van der Waals surface area contributed by atoms with Gasteiger partial charge >= 0.3 is 0 Å². The summed E-state index contributed by atoms with van der Waals surface area (Å²) in [7, 11) is 0. The Hall–Kier alpha value is -1.23. The summed E-state index contributed by atoms with van der Waals surface area (Å²) in [5, 5.41) is 0.547. The van der Waals surface area contributed by atoms with Crippen LogP contribution in [0.4, 0.5) is 5.69 Å². The molecule has 2 rings (SSSR count). The van der Waals surface area contributed by atoms with Gasteiger partial charge in [0, 0.05) is 42.2 Å². The Balaban J connectivity index is 2.12. The van der Waals surface area contributed by atoms with E-state index in [-0.39, 0.29) is 5.91 Å². The molecule has 1 saturated heterocycles. The maximum atomic E-state index is 12.3. The van der Waals surface area contributed by atoms with Gasteiger partial charge < -0.3 is 10.6 Å². The van der Waals surface area contributed by atoms with Crippen LogP contribution >= 0.6 is 11.8 Å². The fourth-order valence-corrected chi connectivity index (χ4v) is 3.09. The Kier molecular flexibility index (Phi) is 3.89. The molecular weight excluding hydrogens is 234 g/mol. The molecule has 0 saturated carbocycles. The third-order valence-electron chi connectivity index (χ3n) is 2.97. The molecule has 0 bridgehead atoms. The molecule has 0 spiro atoms. The van der Waals surface area contributed by atoms with E-state index in [9.17, 15) is 4.79 Å². The van der Waals surface area contributed by atoms with Gasteiger partial charge in [0.15, 0.2) is 0 Å². The van der Waals surface area contributed by atoms with E-state index >= 15 is 0 Å². The summed E-state index contributed by atoms with van der Waals surface area (Å²) in [5.41, 5.74) is 6.84. The molecule has 0 aromatic carbocycles. The maximum Gasteiger partial charge on any atom is 0.257 e. The van der Waals surface area contributed by atoms with Crippen LogP contribution in [0, 0.1) is 0 Å². The van der Waals surface area contributed by atoms with Crippen molar-refractivity contribution in [2.24, 2.45) is 0 Å². The third-order valence-corrected chi connectivity index (χ3v) is 4.34. The van der Waals surface area contributed by atoms with E-state index in [1.807, 2.05) is 16.7 Å². The van der Waals surface area contributed by atoms with E-state index in [1.165, 1.54) is 0 Å². The van der Waals surface area contributed by atoms with Crippen LogP contribution in [-0.2, 0) is 0 Å². The zero-order valence-electron chi connectivity index (χ0n) is 9.93. The van der Waals surface area contributed by atoms with Crippen LogP contribution in [0.1, 0.15) is 23.7 Å². The summed E-state index contributed by atoms with van der Waals surface area (Å²) in [6.07, 6.45) is 4.25. The smallest absolute Gasteiger partial charge is 0.257 e. The molecule has 2 N–H and O–H groups in total. The van der Waals surface area contributed by atoms with Crippen molar-refractivity contribution in [3.05, 3.63) is 24.0 Å². The van der Waals surface area contributed by atoms with Gasteiger partial charge in [0.05, 0.1) is 5.56 Å². The minimum Gasteiger partial charge on any atom is -0.398 e. The lowest BCUT2D eigenvalue weighted by molar-refractivity contribution is 0.0761. The molecule has 1 atom stereocenters. The first-order chi connectivity index (χ1) is 8.22. The predicted molar refractivity (Wildman–Crippen MR) is 71.1 cm³/mol. The van der Waals surface area contributed by atoms with Gasteiger partial charge in [0.1, 0.15) is 0 Å². The summed E-state index contributed by atoms with van der Waals surface area (Å²) < 4.78 is 0. The number of hydrogen-bond acceptors (Lipinski definition) is 4. The monoisotopic (exact) mass is 251 g/mol. The number of aromatic nitrogens is 1. The lowest BCUT2D eigenvalue weighted by Crippen LogP contribution is -2.42. The van der Waals surface area contributed by atoms with Gasteiger partial charge in [-0.05, 0) is 12.5 Å². The molecule has 1 aromatic rings. The average Bonchev–Trinajstić information content (AvgIpc) is 2.38. The minimum atomic E-state index is 0.00866. The summed E-state index contributed by atoms with van der Waals surface area (Å²) in [5.74, 6) is 1.01. The number of rotatable bonds is 2. The molecule has 4 nitrogen and oxygen atoms in total. The van der Waals surface area contributed by atoms with Gasteiger partial charge in [-0.15, -0.1) is 0 Å². The Bertz CT molecular complexity index is 410. The third kappa shape index (κ3) is 2.72. The predicted octanol–water partition coefficient (Wildman–Crippen LogP) is 1.63. The van der Waals surface area contributed by atoms with Gasteiger partial charge in [-0.25, -0.2) is 0 Å². The quantitative estimate of drug-likeness (QED) is 0.868. The SMILES string of the molecule is CCC1CN(C(=O)c2cnccc2N)CCS1. The molecule has 1 aliphatic heterocycles. The number of carbonyl (C=O) groups is 1. The number of nitrogens with zero attached hydrogens (tertiary/aromatic N) is 2. The van der Waals surface area contributed by atoms with Gasteiger partial charge in [-0.1, -0.05) is 6.92 Å². The number of nitrogen functional groups attached to an aromatic ring is 1. The largest absolute Gasteiger partial charge is 0.398 e. The molecule has 2 heterocycles. The fraction of sp³-hybridized carbons (Fsp3) is 0.500. The molecule has 1 fully saturated rings. The molecule has 1 unspecified atom stereocenters. The van der Waals surface area contributed by atoms with Crippen LogP contribution in [0.2, 0.25) is 0 Å². The van der Waals surface area contributed by atoms with Crippen molar-refractivity contribution >= 4 is 23.4 Å². The lowest BCUT2D eigenvalue weighted by Gasteiger charge is -2.32. The summed E-state index contributed by atoms with van der Waals surface area (Å²) in [4.78, 5) is 18.1. The van der Waals surface area contributed by atoms with Crippen LogP contribution in [0.5, 0.6) is 0 Å². The van der Waals surface area contributed by atoms with Crippen LogP contribution in [-0.4, -0.2) is 39.9 Å². The molecule has 1 aliphatic rings. The minimum absolute atomic E-state index is 0.00866. The number of amides is 1. The van der Waals surface area contributed by atoms with Crippen LogP contribution in [0.25, 0.3) is 0 Å². The Labute approximate surface area is 106 Å². The molecule has 0 aliphatic carbocycles. The second-order valence-electron chi connectivity index (χ2n) is 4.12. The van der Waals surface area contributed by atoms with Crippen molar-refractivity contribution in [2.45, 2.75) is 18.6 Å². The van der Waals surface area contributed by atoms with Crippen molar-refractivity contribution in [3.8, 4) is 0 Å². The molecular formula is C12H17N3OS. The summed E-state index contributed by atoms with van der Waals surface area (Å²) in [6, 6.07) is 1.67. The average molecular weight is 251 g/mol. The zero-order valence-corrected chi connectivity index (χ0v) is 10.7. The van der Waals surface area contributed by atoms with E-state index in [0.717, 1.165) is 25.3 Å². The Morgan fingerprint density at radius 2 is 2.53 bits per heavy atom. The summed E-state index contributed by atoms with van der Waals surface area (Å²) in [6.45, 7) is 3.77. The topological polar surface area (TPSA) is 59.2 Å². The van der Waals surface area contributed by atoms with E-state index in [2.05, 4.69) is 11.9 Å². The van der Waals surface area contributed by atoms with Crippen molar-refractivity contribution in [3.63, 3.8) is 0 Å². The number of nitrogens with two attached hydrogens (primary N) is 1. The number of pyridine rings is 1. The Morgan fingerprint density at radius 3 is 3.24 bits per heavy atom. The molecule has 1 amide bonds. The lowest BCUT2D eigenvalue weighted by atomic mass is 10.2. The molecule has 0 radical (unpaired) electrons. The van der Waals surface area contributed by atoms with Gasteiger partial charge in [-0.2, -0.15) is 11.8 Å². The Morgan fingerprint density at radius 1 is 1.71 bits per heavy atom. The fourth-order valence-electron chi connectivity index (χ4n) is 1.91. The second-order valence-corrected chi connectivity index (χ2v) is 5.52. The number of anilines is 1. The molecule has 17 heavy (non-hydrogen) atoms. The van der Waals surface area contributed by atoms with Crippen molar-refractivity contribution in [1.29, 1.82) is 0 Å². The first kappa shape index (κ1) is 12.2. The standard InChI is InChI=1S/C12H17N3OS/c1-2-9-8-15(5-6-17-9)12(16)10-7-14-4-3-11(10)13/h3-4,7,9H,2,5-6,8H2,1H3,(H2,13,14). The van der Waals surface area contributed by atoms with E-state index in [0.29, 0.717) is 16.5 Å². The van der Waals surface area contributed by atoms with Crippen molar-refractivity contribution < 1.29 is 4.79 Å². The highest BCUT2D eigenvalue weighted by Gasteiger charge is 2.24. The van der Waals surface area contributed by atoms with Crippen LogP contribution in [0.3, 0.4) is 0 Å².